The maximum absolute atomic E-state index is 14.9. The number of fused-ring (bicyclic) bond motifs is 1. The molecule has 3 heterocycles. The third-order valence-electron chi connectivity index (χ3n) is 5.34. The zero-order valence-corrected chi connectivity index (χ0v) is 20.4. The second kappa shape index (κ2) is 10.8. The number of rotatable bonds is 3. The average molecular weight is 563 g/mol. The number of aromatic hydroxyl groups is 1. The quantitative estimate of drug-likeness (QED) is 0.377. The van der Waals surface area contributed by atoms with Gasteiger partial charge in [0.2, 0.25) is 0 Å². The molecule has 3 N–H and O–H groups in total. The first-order valence-electron chi connectivity index (χ1n) is 11.0. The summed E-state index contributed by atoms with van der Waals surface area (Å²) in [6, 6.07) is 4.45. The van der Waals surface area contributed by atoms with Gasteiger partial charge in [0.05, 0.1) is 22.6 Å². The number of aromatic amines is 1. The first kappa shape index (κ1) is 29.2. The third-order valence-corrected chi connectivity index (χ3v) is 5.34. The van der Waals surface area contributed by atoms with Crippen molar-refractivity contribution < 1.29 is 50.2 Å². The number of anilines is 2. The van der Waals surface area contributed by atoms with Crippen molar-refractivity contribution in [1.29, 1.82) is 0 Å². The van der Waals surface area contributed by atoms with E-state index in [4.69, 9.17) is 4.74 Å². The molecule has 2 aromatic heterocycles. The molecular formula is C23H20F7N5O4. The molecule has 2 amide bonds. The second-order valence-electron chi connectivity index (χ2n) is 8.10. The number of halogens is 7. The zero-order chi connectivity index (χ0) is 29.3. The number of H-pyrrole nitrogens is 1. The minimum Gasteiger partial charge on any atom is -0.507 e. The second-order valence-corrected chi connectivity index (χ2v) is 8.10. The van der Waals surface area contributed by atoms with Gasteiger partial charge in [0.1, 0.15) is 11.6 Å². The van der Waals surface area contributed by atoms with Crippen LogP contribution >= 0.6 is 0 Å². The van der Waals surface area contributed by atoms with Crippen LogP contribution in [0.3, 0.4) is 0 Å². The lowest BCUT2D eigenvalue weighted by atomic mass is 10.0. The number of hydrogen-bond donors (Lipinski definition) is 3. The van der Waals surface area contributed by atoms with Crippen molar-refractivity contribution in [2.24, 2.45) is 0 Å². The van der Waals surface area contributed by atoms with Gasteiger partial charge in [-0.3, -0.25) is 19.6 Å². The Morgan fingerprint density at radius 1 is 1.21 bits per heavy atom. The van der Waals surface area contributed by atoms with Crippen molar-refractivity contribution in [3.8, 4) is 22.8 Å². The normalized spacial score (nSPS) is 13.3. The first-order valence-corrected chi connectivity index (χ1v) is 11.0. The summed E-state index contributed by atoms with van der Waals surface area (Å²) in [4.78, 5) is 29.7. The molecular weight excluding hydrogens is 543 g/mol. The molecule has 4 rings (SSSR count). The van der Waals surface area contributed by atoms with E-state index in [-0.39, 0.29) is 35.3 Å². The average Bonchev–Trinajstić information content (AvgIpc) is 3.22. The summed E-state index contributed by atoms with van der Waals surface area (Å²) in [7, 11) is 1.47. The molecule has 1 aromatic carbocycles. The summed E-state index contributed by atoms with van der Waals surface area (Å²) in [5.41, 5.74) is -2.84. The van der Waals surface area contributed by atoms with Gasteiger partial charge in [0.15, 0.2) is 23.9 Å². The van der Waals surface area contributed by atoms with Crippen LogP contribution in [0, 0.1) is 12.7 Å². The number of phenolic OH excluding ortho intramolecular Hbond substituents is 1. The van der Waals surface area contributed by atoms with Gasteiger partial charge in [-0.15, -0.1) is 0 Å². The number of hydrogen-bond acceptors (Lipinski definition) is 6. The lowest BCUT2D eigenvalue weighted by Gasteiger charge is -2.25. The Morgan fingerprint density at radius 2 is 1.85 bits per heavy atom. The molecule has 0 radical (unpaired) electrons. The van der Waals surface area contributed by atoms with Crippen LogP contribution in [0.25, 0.3) is 11.3 Å². The number of benzene rings is 1. The van der Waals surface area contributed by atoms with E-state index in [9.17, 15) is 45.4 Å². The van der Waals surface area contributed by atoms with E-state index >= 15 is 0 Å². The highest BCUT2D eigenvalue weighted by atomic mass is 19.4. The van der Waals surface area contributed by atoms with Crippen molar-refractivity contribution in [3.63, 3.8) is 0 Å². The Hall–Kier alpha value is -4.37. The number of carbonyl (C=O) groups excluding carboxylic acids is 2. The number of carbonyl (C=O) groups is 2. The fraction of sp³-hybridized carbons (Fsp3) is 0.304. The molecule has 3 aromatic rings. The Bertz CT molecular complexity index is 1400. The van der Waals surface area contributed by atoms with Gasteiger partial charge in [0.25, 0.3) is 11.8 Å². The van der Waals surface area contributed by atoms with Gasteiger partial charge in [-0.05, 0) is 31.2 Å². The van der Waals surface area contributed by atoms with Crippen molar-refractivity contribution >= 4 is 23.3 Å². The van der Waals surface area contributed by atoms with E-state index in [1.165, 1.54) is 31.0 Å². The molecule has 0 unspecified atom stereocenters. The van der Waals surface area contributed by atoms with Gasteiger partial charge in [-0.2, -0.15) is 31.4 Å². The summed E-state index contributed by atoms with van der Waals surface area (Å²) in [6.07, 6.45) is -9.53. The van der Waals surface area contributed by atoms with E-state index in [0.29, 0.717) is 11.8 Å². The van der Waals surface area contributed by atoms with Gasteiger partial charge in [-0.1, -0.05) is 6.92 Å². The molecule has 9 nitrogen and oxygen atoms in total. The van der Waals surface area contributed by atoms with Crippen molar-refractivity contribution in [2.75, 3.05) is 23.9 Å². The number of nitrogens with zero attached hydrogens (tertiary/aromatic N) is 3. The zero-order valence-electron chi connectivity index (χ0n) is 20.4. The highest BCUT2D eigenvalue weighted by Gasteiger charge is 2.38. The number of aromatic nitrogens is 3. The highest BCUT2D eigenvalue weighted by Crippen LogP contribution is 2.37. The standard InChI is InChI=1S/C20H15F4N5O4.C3H5F3/c1-8-16(17(28-27-8)20(22,23)24)26-19(32)10-5-11(21)9(6-13(10)30)12-3-4-14-18(25-12)29(2)15(31)7-33-14;1-2-3(4,5)6/h3-6,30H,7H2,1-2H3,(H,26,32)(H,27,28);2H2,1H3. The van der Waals surface area contributed by atoms with Crippen LogP contribution in [0.15, 0.2) is 24.3 Å². The van der Waals surface area contributed by atoms with Gasteiger partial charge < -0.3 is 15.2 Å². The molecule has 0 saturated carbocycles. The lowest BCUT2D eigenvalue weighted by Crippen LogP contribution is -2.36. The number of phenols is 1. The largest absolute Gasteiger partial charge is 0.507 e. The number of alkyl halides is 6. The van der Waals surface area contributed by atoms with Crippen LogP contribution in [0.5, 0.6) is 11.5 Å². The van der Waals surface area contributed by atoms with Crippen molar-refractivity contribution in [1.82, 2.24) is 15.2 Å². The molecule has 1 aliphatic rings. The van der Waals surface area contributed by atoms with Gasteiger partial charge >= 0.3 is 12.4 Å². The first-order chi connectivity index (χ1) is 18.0. The topological polar surface area (TPSA) is 120 Å². The molecule has 0 atom stereocenters. The van der Waals surface area contributed by atoms with E-state index in [2.05, 4.69) is 15.2 Å². The summed E-state index contributed by atoms with van der Waals surface area (Å²) < 4.78 is 91.7. The molecule has 1 aliphatic heterocycles. The number of likely N-dealkylation sites (N-methyl/N-ethyl adjacent to an activating group) is 1. The van der Waals surface area contributed by atoms with Crippen LogP contribution in [0.1, 0.15) is 35.1 Å². The highest BCUT2D eigenvalue weighted by molar-refractivity contribution is 6.07. The predicted molar refractivity (Wildman–Crippen MR) is 123 cm³/mol. The summed E-state index contributed by atoms with van der Waals surface area (Å²) in [6.45, 7) is 2.17. The van der Waals surface area contributed by atoms with Crippen LogP contribution in [0.2, 0.25) is 0 Å². The van der Waals surface area contributed by atoms with Crippen LogP contribution in [-0.2, 0) is 11.0 Å². The molecule has 0 saturated heterocycles. The maximum Gasteiger partial charge on any atom is 0.437 e. The number of ether oxygens (including phenoxy) is 1. The molecule has 16 heteroatoms. The molecule has 0 spiro atoms. The van der Waals surface area contributed by atoms with Gasteiger partial charge in [0, 0.05) is 19.0 Å². The lowest BCUT2D eigenvalue weighted by molar-refractivity contribution is -0.140. The molecule has 39 heavy (non-hydrogen) atoms. The van der Waals surface area contributed by atoms with E-state index in [1.807, 2.05) is 5.32 Å². The molecule has 0 bridgehead atoms. The third kappa shape index (κ3) is 6.56. The van der Waals surface area contributed by atoms with Crippen LogP contribution in [0.4, 0.5) is 42.2 Å². The van der Waals surface area contributed by atoms with E-state index in [1.54, 1.807) is 0 Å². The number of amides is 2. The van der Waals surface area contributed by atoms with E-state index < -0.39 is 53.2 Å². The fourth-order valence-corrected chi connectivity index (χ4v) is 3.20. The Morgan fingerprint density at radius 3 is 2.44 bits per heavy atom. The van der Waals surface area contributed by atoms with Crippen LogP contribution < -0.4 is 15.0 Å². The smallest absolute Gasteiger partial charge is 0.437 e. The van der Waals surface area contributed by atoms with E-state index in [0.717, 1.165) is 13.0 Å². The fourth-order valence-electron chi connectivity index (χ4n) is 3.20. The molecule has 0 aliphatic carbocycles. The predicted octanol–water partition coefficient (Wildman–Crippen LogP) is 5.21. The summed E-state index contributed by atoms with van der Waals surface area (Å²) >= 11 is 0. The van der Waals surface area contributed by atoms with Gasteiger partial charge in [-0.25, -0.2) is 9.37 Å². The molecule has 0 fully saturated rings. The monoisotopic (exact) mass is 563 g/mol. The minimum absolute atomic E-state index is 0.0312. The SMILES string of the molecule is CCC(F)(F)F.Cc1[nH]nc(C(F)(F)F)c1NC(=O)c1cc(F)c(-c2ccc3c(n2)N(C)C(=O)CO3)cc1O. The summed E-state index contributed by atoms with van der Waals surface area (Å²) in [5.74, 6) is -2.77. The minimum atomic E-state index is -4.85. The van der Waals surface area contributed by atoms with Crippen molar-refractivity contribution in [2.45, 2.75) is 32.6 Å². The number of pyridine rings is 1. The number of aryl methyl sites for hydroxylation is 1. The number of nitrogens with one attached hydrogen (secondary N) is 2. The van der Waals surface area contributed by atoms with Crippen molar-refractivity contribution in [3.05, 3.63) is 47.0 Å². The maximum atomic E-state index is 14.9. The summed E-state index contributed by atoms with van der Waals surface area (Å²) in [5, 5.41) is 17.6. The Kier molecular flexibility index (Phi) is 8.07. The van der Waals surface area contributed by atoms with Crippen LogP contribution in [-0.4, -0.2) is 51.9 Å². The molecule has 210 valence electrons. The Balaban J connectivity index is 0.000000631. The Labute approximate surface area is 215 Å².